The highest BCUT2D eigenvalue weighted by atomic mass is 19.2. The van der Waals surface area contributed by atoms with Crippen molar-refractivity contribution in [2.45, 2.75) is 19.9 Å². The summed E-state index contributed by atoms with van der Waals surface area (Å²) >= 11 is 0. The molecule has 0 spiro atoms. The lowest BCUT2D eigenvalue weighted by Crippen LogP contribution is -2.52. The molecule has 0 bridgehead atoms. The van der Waals surface area contributed by atoms with E-state index in [0.29, 0.717) is 26.2 Å². The van der Waals surface area contributed by atoms with Gasteiger partial charge in [-0.2, -0.15) is 0 Å². The molecule has 0 saturated carbocycles. The van der Waals surface area contributed by atoms with E-state index in [-0.39, 0.29) is 29.3 Å². The Morgan fingerprint density at radius 1 is 1.03 bits per heavy atom. The van der Waals surface area contributed by atoms with Crippen LogP contribution < -0.4 is 16.0 Å². The van der Waals surface area contributed by atoms with E-state index in [1.807, 2.05) is 49.4 Å². The molecule has 3 N–H and O–H groups in total. The summed E-state index contributed by atoms with van der Waals surface area (Å²) in [6, 6.07) is 16.6. The number of nitrogens with one attached hydrogen (secondary N) is 1. The van der Waals surface area contributed by atoms with Gasteiger partial charge < -0.3 is 20.9 Å². The van der Waals surface area contributed by atoms with Gasteiger partial charge in [0.15, 0.2) is 11.6 Å². The van der Waals surface area contributed by atoms with Crippen LogP contribution in [0.4, 0.5) is 25.0 Å². The molecule has 0 aliphatic carbocycles. The average molecular weight is 479 g/mol. The Bertz CT molecular complexity index is 1270. The number of fused-ring (bicyclic) bond motifs is 1. The van der Waals surface area contributed by atoms with Crippen molar-refractivity contribution in [3.63, 3.8) is 0 Å². The number of urea groups is 1. The number of carbonyl (C=O) groups is 1. The van der Waals surface area contributed by atoms with Gasteiger partial charge in [0.1, 0.15) is 12.0 Å². The van der Waals surface area contributed by atoms with Gasteiger partial charge in [-0.25, -0.2) is 23.6 Å². The molecule has 1 atom stereocenters. The summed E-state index contributed by atoms with van der Waals surface area (Å²) in [7, 11) is 0. The van der Waals surface area contributed by atoms with Gasteiger partial charge in [0.25, 0.3) is 0 Å². The van der Waals surface area contributed by atoms with Crippen LogP contribution in [0.3, 0.4) is 0 Å². The molecule has 0 radical (unpaired) electrons. The Kier molecular flexibility index (Phi) is 7.24. The van der Waals surface area contributed by atoms with Gasteiger partial charge in [0.2, 0.25) is 0 Å². The Labute approximate surface area is 203 Å². The fourth-order valence-corrected chi connectivity index (χ4v) is 4.19. The number of benzene rings is 3. The predicted octanol–water partition coefficient (Wildman–Crippen LogP) is 4.75. The van der Waals surface area contributed by atoms with Gasteiger partial charge in [-0.1, -0.05) is 42.5 Å². The first-order valence-electron chi connectivity index (χ1n) is 11.4. The minimum atomic E-state index is -1.05. The Hall–Kier alpha value is -4.01. The highest BCUT2D eigenvalue weighted by molar-refractivity contribution is 5.87. The summed E-state index contributed by atoms with van der Waals surface area (Å²) in [4.78, 5) is 23.9. The lowest BCUT2D eigenvalue weighted by molar-refractivity contribution is 0.191. The third-order valence-corrected chi connectivity index (χ3v) is 6.04. The molecular weight excluding hydrogens is 450 g/mol. The van der Waals surface area contributed by atoms with Gasteiger partial charge in [-0.3, -0.25) is 0 Å². The smallest absolute Gasteiger partial charge is 0.317 e. The third kappa shape index (κ3) is 5.40. The molecule has 9 heteroatoms. The SMILES string of the molecule is CC(N)=NC=Nc1ccc(N2CCN(C(=O)N[C@@H](C)c3cccc4ccccc34)CC2)c(F)c1F. The molecule has 1 fully saturated rings. The maximum Gasteiger partial charge on any atom is 0.317 e. The molecule has 0 aromatic heterocycles. The zero-order valence-electron chi connectivity index (χ0n) is 19.7. The standard InChI is InChI=1S/C26H28F2N6O/c1-17(20-9-5-7-19-6-3-4-8-21(19)20)32-26(35)34-14-12-33(13-15-34)23-11-10-22(24(27)25(23)28)31-16-30-18(2)29/h3-11,16-17H,12-15H2,1-2H3,(H,32,35)(H2,29,30,31)/t17-/m0/s1. The minimum absolute atomic E-state index is 0.143. The van der Waals surface area contributed by atoms with Crippen LogP contribution in [0.2, 0.25) is 0 Å². The number of anilines is 1. The molecule has 1 aliphatic heterocycles. The quantitative estimate of drug-likeness (QED) is 0.410. The highest BCUT2D eigenvalue weighted by Gasteiger charge is 2.25. The number of hydrogen-bond donors (Lipinski definition) is 2. The van der Waals surface area contributed by atoms with Crippen molar-refractivity contribution in [1.29, 1.82) is 0 Å². The summed E-state index contributed by atoms with van der Waals surface area (Å²) in [6.07, 6.45) is 1.09. The van der Waals surface area contributed by atoms with Crippen LogP contribution in [0, 0.1) is 11.6 Å². The number of carbonyl (C=O) groups excluding carboxylic acids is 1. The highest BCUT2D eigenvalue weighted by Crippen LogP contribution is 2.29. The number of piperazine rings is 1. The molecule has 4 rings (SSSR count). The maximum absolute atomic E-state index is 14.7. The first-order valence-corrected chi connectivity index (χ1v) is 11.4. The molecule has 1 heterocycles. The monoisotopic (exact) mass is 478 g/mol. The third-order valence-electron chi connectivity index (χ3n) is 6.04. The zero-order chi connectivity index (χ0) is 24.9. The normalized spacial score (nSPS) is 15.6. The summed E-state index contributed by atoms with van der Waals surface area (Å²) in [5.41, 5.74) is 6.44. The van der Waals surface area contributed by atoms with Gasteiger partial charge in [-0.15, -0.1) is 0 Å². The molecule has 7 nitrogen and oxygen atoms in total. The first-order chi connectivity index (χ1) is 16.8. The topological polar surface area (TPSA) is 86.3 Å². The second-order valence-corrected chi connectivity index (χ2v) is 8.46. The maximum atomic E-state index is 14.7. The summed E-state index contributed by atoms with van der Waals surface area (Å²) in [5.74, 6) is -1.76. The van der Waals surface area contributed by atoms with Crippen LogP contribution >= 0.6 is 0 Å². The second kappa shape index (κ2) is 10.5. The summed E-state index contributed by atoms with van der Waals surface area (Å²) < 4.78 is 29.2. The number of hydrogen-bond acceptors (Lipinski definition) is 3. The molecule has 0 unspecified atom stereocenters. The fraction of sp³-hybridized carbons (Fsp3) is 0.269. The molecule has 1 saturated heterocycles. The largest absolute Gasteiger partial charge is 0.387 e. The predicted molar refractivity (Wildman–Crippen MR) is 136 cm³/mol. The van der Waals surface area contributed by atoms with Gasteiger partial charge in [0, 0.05) is 26.2 Å². The van der Waals surface area contributed by atoms with Crippen LogP contribution in [0.5, 0.6) is 0 Å². The number of nitrogens with two attached hydrogens (primary N) is 1. The van der Waals surface area contributed by atoms with Crippen molar-refractivity contribution in [2.75, 3.05) is 31.1 Å². The lowest BCUT2D eigenvalue weighted by atomic mass is 10.00. The van der Waals surface area contributed by atoms with Gasteiger partial charge >= 0.3 is 6.03 Å². The number of amides is 2. The van der Waals surface area contributed by atoms with E-state index in [4.69, 9.17) is 5.73 Å². The Morgan fingerprint density at radius 3 is 2.49 bits per heavy atom. The van der Waals surface area contributed by atoms with Crippen LogP contribution in [-0.4, -0.2) is 49.3 Å². The van der Waals surface area contributed by atoms with Crippen molar-refractivity contribution < 1.29 is 13.6 Å². The van der Waals surface area contributed by atoms with Gasteiger partial charge in [0.05, 0.1) is 17.6 Å². The number of halogens is 2. The van der Waals surface area contributed by atoms with E-state index in [0.717, 1.165) is 22.7 Å². The van der Waals surface area contributed by atoms with Crippen LogP contribution in [0.1, 0.15) is 25.5 Å². The van der Waals surface area contributed by atoms with Crippen molar-refractivity contribution in [3.8, 4) is 0 Å². The van der Waals surface area contributed by atoms with Gasteiger partial charge in [-0.05, 0) is 42.3 Å². The lowest BCUT2D eigenvalue weighted by Gasteiger charge is -2.36. The first kappa shape index (κ1) is 24.1. The molecule has 3 aromatic rings. The Balaban J connectivity index is 1.38. The van der Waals surface area contributed by atoms with Crippen LogP contribution in [-0.2, 0) is 0 Å². The number of amidine groups is 1. The fourth-order valence-electron chi connectivity index (χ4n) is 4.19. The summed E-state index contributed by atoms with van der Waals surface area (Å²) in [6.45, 7) is 5.06. The van der Waals surface area contributed by atoms with Crippen LogP contribution in [0.15, 0.2) is 64.6 Å². The molecule has 35 heavy (non-hydrogen) atoms. The zero-order valence-corrected chi connectivity index (χ0v) is 19.7. The van der Waals surface area contributed by atoms with E-state index >= 15 is 0 Å². The second-order valence-electron chi connectivity index (χ2n) is 8.46. The average Bonchev–Trinajstić information content (AvgIpc) is 2.86. The van der Waals surface area contributed by atoms with Crippen molar-refractivity contribution in [1.82, 2.24) is 10.2 Å². The van der Waals surface area contributed by atoms with E-state index < -0.39 is 11.6 Å². The molecule has 1 aliphatic rings. The molecular formula is C26H28F2N6O. The Morgan fingerprint density at radius 2 is 1.74 bits per heavy atom. The van der Waals surface area contributed by atoms with E-state index in [1.165, 1.54) is 12.1 Å². The van der Waals surface area contributed by atoms with E-state index in [1.54, 1.807) is 16.7 Å². The van der Waals surface area contributed by atoms with E-state index in [2.05, 4.69) is 15.3 Å². The number of aliphatic imine (C=N–C) groups is 2. The number of rotatable bonds is 5. The van der Waals surface area contributed by atoms with Crippen LogP contribution in [0.25, 0.3) is 10.8 Å². The van der Waals surface area contributed by atoms with E-state index in [9.17, 15) is 13.6 Å². The molecule has 3 aromatic carbocycles. The summed E-state index contributed by atoms with van der Waals surface area (Å²) in [5, 5.41) is 5.29. The van der Waals surface area contributed by atoms with Crippen molar-refractivity contribution in [3.05, 3.63) is 71.8 Å². The molecule has 182 valence electrons. The van der Waals surface area contributed by atoms with Crippen molar-refractivity contribution >= 4 is 40.4 Å². The van der Waals surface area contributed by atoms with Crippen molar-refractivity contribution in [2.24, 2.45) is 15.7 Å². The minimum Gasteiger partial charge on any atom is -0.387 e. The molecule has 2 amide bonds. The number of nitrogens with zero attached hydrogens (tertiary/aromatic N) is 4.